The molecule has 0 aliphatic heterocycles. The largest absolute Gasteiger partial charge is 0.494 e. The van der Waals surface area contributed by atoms with E-state index in [1.54, 1.807) is 6.92 Å². The van der Waals surface area contributed by atoms with E-state index in [0.717, 1.165) is 42.7 Å². The van der Waals surface area contributed by atoms with Gasteiger partial charge in [-0.15, -0.1) is 0 Å². The Labute approximate surface area is 169 Å². The lowest BCUT2D eigenvalue weighted by Crippen LogP contribution is -1.98. The van der Waals surface area contributed by atoms with Gasteiger partial charge in [-0.3, -0.25) is 0 Å². The van der Waals surface area contributed by atoms with Crippen LogP contribution in [0.4, 0.5) is 4.39 Å². The van der Waals surface area contributed by atoms with Crippen molar-refractivity contribution in [2.75, 3.05) is 6.61 Å². The third-order valence-electron chi connectivity index (χ3n) is 4.90. The molecular formula is C24H35FN2O. The van der Waals surface area contributed by atoms with E-state index in [9.17, 15) is 4.39 Å². The Kier molecular flexibility index (Phi) is 10.6. The van der Waals surface area contributed by atoms with Gasteiger partial charge in [-0.05, 0) is 62.4 Å². The van der Waals surface area contributed by atoms with Crippen LogP contribution in [0.25, 0.3) is 11.4 Å². The molecule has 28 heavy (non-hydrogen) atoms. The Bertz CT molecular complexity index is 641. The van der Waals surface area contributed by atoms with Crippen LogP contribution in [0.2, 0.25) is 0 Å². The van der Waals surface area contributed by atoms with Crippen LogP contribution in [0.15, 0.2) is 36.7 Å². The molecule has 0 aliphatic rings. The highest BCUT2D eigenvalue weighted by atomic mass is 19.1. The molecule has 4 heteroatoms. The van der Waals surface area contributed by atoms with Gasteiger partial charge in [0.1, 0.15) is 5.75 Å². The van der Waals surface area contributed by atoms with Gasteiger partial charge in [0.05, 0.1) is 12.8 Å². The van der Waals surface area contributed by atoms with Crippen LogP contribution in [0, 0.1) is 0 Å². The number of aromatic nitrogens is 2. The van der Waals surface area contributed by atoms with E-state index in [4.69, 9.17) is 4.74 Å². The normalized spacial score (nSPS) is 12.1. The first kappa shape index (κ1) is 22.3. The molecule has 0 aliphatic carbocycles. The summed E-state index contributed by atoms with van der Waals surface area (Å²) in [5.74, 6) is 1.60. The second kappa shape index (κ2) is 13.2. The maximum Gasteiger partial charge on any atom is 0.159 e. The number of rotatable bonds is 14. The van der Waals surface area contributed by atoms with Crippen LogP contribution >= 0.6 is 0 Å². The number of hydrogen-bond acceptors (Lipinski definition) is 3. The Balaban J connectivity index is 1.70. The molecule has 3 nitrogen and oxygen atoms in total. The monoisotopic (exact) mass is 386 g/mol. The first-order chi connectivity index (χ1) is 13.7. The van der Waals surface area contributed by atoms with Crippen molar-refractivity contribution < 1.29 is 9.13 Å². The van der Waals surface area contributed by atoms with E-state index in [2.05, 4.69) is 16.9 Å². The summed E-state index contributed by atoms with van der Waals surface area (Å²) in [5, 5.41) is 0. The predicted octanol–water partition coefficient (Wildman–Crippen LogP) is 6.95. The highest BCUT2D eigenvalue weighted by Crippen LogP contribution is 2.20. The molecule has 1 heterocycles. The van der Waals surface area contributed by atoms with Gasteiger partial charge in [0.15, 0.2) is 5.82 Å². The summed E-state index contributed by atoms with van der Waals surface area (Å²) >= 11 is 0. The van der Waals surface area contributed by atoms with Crippen molar-refractivity contribution in [2.45, 2.75) is 84.2 Å². The molecular weight excluding hydrogens is 351 g/mol. The van der Waals surface area contributed by atoms with Gasteiger partial charge < -0.3 is 4.74 Å². The average Bonchev–Trinajstić information content (AvgIpc) is 2.71. The maximum atomic E-state index is 12.9. The van der Waals surface area contributed by atoms with Crippen molar-refractivity contribution in [3.63, 3.8) is 0 Å². The van der Waals surface area contributed by atoms with E-state index < -0.39 is 6.17 Å². The van der Waals surface area contributed by atoms with E-state index >= 15 is 0 Å². The molecule has 1 aromatic carbocycles. The fourth-order valence-electron chi connectivity index (χ4n) is 3.17. The van der Waals surface area contributed by atoms with E-state index in [1.807, 2.05) is 36.7 Å². The Morgan fingerprint density at radius 2 is 1.54 bits per heavy atom. The van der Waals surface area contributed by atoms with E-state index in [-0.39, 0.29) is 0 Å². The van der Waals surface area contributed by atoms with Crippen LogP contribution in [0.1, 0.15) is 77.2 Å². The summed E-state index contributed by atoms with van der Waals surface area (Å²) in [6.45, 7) is 4.62. The zero-order chi connectivity index (χ0) is 20.0. The predicted molar refractivity (Wildman–Crippen MR) is 114 cm³/mol. The molecule has 1 unspecified atom stereocenters. The molecule has 0 saturated heterocycles. The molecule has 0 saturated carbocycles. The van der Waals surface area contributed by atoms with Crippen molar-refractivity contribution in [3.8, 4) is 17.1 Å². The van der Waals surface area contributed by atoms with Crippen molar-refractivity contribution in [1.82, 2.24) is 9.97 Å². The highest BCUT2D eigenvalue weighted by molar-refractivity contribution is 5.55. The molecule has 0 spiro atoms. The fourth-order valence-corrected chi connectivity index (χ4v) is 3.17. The molecule has 0 N–H and O–H groups in total. The Hall–Kier alpha value is -1.97. The summed E-state index contributed by atoms with van der Waals surface area (Å²) in [6.07, 6.45) is 14.2. The van der Waals surface area contributed by atoms with E-state index in [0.29, 0.717) is 12.2 Å². The van der Waals surface area contributed by atoms with Gasteiger partial charge in [0, 0.05) is 18.0 Å². The highest BCUT2D eigenvalue weighted by Gasteiger charge is 2.04. The quantitative estimate of drug-likeness (QED) is 0.329. The number of hydrogen-bond donors (Lipinski definition) is 0. The first-order valence-corrected chi connectivity index (χ1v) is 10.9. The molecule has 1 atom stereocenters. The molecule has 2 rings (SSSR count). The van der Waals surface area contributed by atoms with Crippen LogP contribution in [0.3, 0.4) is 0 Å². The number of alkyl halides is 1. The Morgan fingerprint density at radius 1 is 0.893 bits per heavy atom. The van der Waals surface area contributed by atoms with Crippen molar-refractivity contribution >= 4 is 0 Å². The van der Waals surface area contributed by atoms with Crippen LogP contribution in [0.5, 0.6) is 5.75 Å². The zero-order valence-corrected chi connectivity index (χ0v) is 17.5. The molecule has 1 aromatic heterocycles. The van der Waals surface area contributed by atoms with Gasteiger partial charge in [0.2, 0.25) is 0 Å². The topological polar surface area (TPSA) is 35.0 Å². The van der Waals surface area contributed by atoms with Crippen molar-refractivity contribution in [2.24, 2.45) is 0 Å². The van der Waals surface area contributed by atoms with Gasteiger partial charge in [-0.25, -0.2) is 14.4 Å². The molecule has 0 fully saturated rings. The standard InChI is InChI=1S/C24H35FN2O/c1-3-4-5-6-7-8-9-17-28-23-15-13-22(14-16-23)24-26-18-21(19-27-24)12-10-11-20(2)25/h13-16,18-20H,3-12,17H2,1-2H3. The molecule has 154 valence electrons. The summed E-state index contributed by atoms with van der Waals surface area (Å²) in [7, 11) is 0. The minimum absolute atomic E-state index is 0.585. The van der Waals surface area contributed by atoms with Crippen molar-refractivity contribution in [1.29, 1.82) is 0 Å². The summed E-state index contributed by atoms with van der Waals surface area (Å²) in [6, 6.07) is 7.96. The number of benzene rings is 1. The zero-order valence-electron chi connectivity index (χ0n) is 17.5. The Morgan fingerprint density at radius 3 is 2.18 bits per heavy atom. The van der Waals surface area contributed by atoms with Crippen LogP contribution in [-0.2, 0) is 6.42 Å². The third kappa shape index (κ3) is 8.81. The average molecular weight is 387 g/mol. The summed E-state index contributed by atoms with van der Waals surface area (Å²) < 4.78 is 18.7. The lowest BCUT2D eigenvalue weighted by molar-refractivity contribution is 0.304. The third-order valence-corrected chi connectivity index (χ3v) is 4.90. The lowest BCUT2D eigenvalue weighted by atomic mass is 10.1. The van der Waals surface area contributed by atoms with E-state index in [1.165, 1.54) is 38.5 Å². The fraction of sp³-hybridized carbons (Fsp3) is 0.583. The molecule has 0 bridgehead atoms. The second-order valence-corrected chi connectivity index (χ2v) is 7.58. The number of ether oxygens (including phenoxy) is 1. The van der Waals surface area contributed by atoms with Crippen LogP contribution < -0.4 is 4.74 Å². The summed E-state index contributed by atoms with van der Waals surface area (Å²) in [4.78, 5) is 8.90. The maximum absolute atomic E-state index is 12.9. The van der Waals surface area contributed by atoms with Gasteiger partial charge in [-0.1, -0.05) is 45.4 Å². The van der Waals surface area contributed by atoms with Crippen molar-refractivity contribution in [3.05, 3.63) is 42.2 Å². The van der Waals surface area contributed by atoms with Gasteiger partial charge in [-0.2, -0.15) is 0 Å². The molecule has 0 amide bonds. The number of unbranched alkanes of at least 4 members (excludes halogenated alkanes) is 6. The number of aryl methyl sites for hydroxylation is 1. The first-order valence-electron chi connectivity index (χ1n) is 10.9. The van der Waals surface area contributed by atoms with Gasteiger partial charge in [0.25, 0.3) is 0 Å². The van der Waals surface area contributed by atoms with Gasteiger partial charge >= 0.3 is 0 Å². The number of halogens is 1. The minimum Gasteiger partial charge on any atom is -0.494 e. The number of nitrogens with zero attached hydrogens (tertiary/aromatic N) is 2. The molecule has 2 aromatic rings. The second-order valence-electron chi connectivity index (χ2n) is 7.58. The smallest absolute Gasteiger partial charge is 0.159 e. The minimum atomic E-state index is -0.744. The molecule has 0 radical (unpaired) electrons. The van der Waals surface area contributed by atoms with Crippen LogP contribution in [-0.4, -0.2) is 22.7 Å². The summed E-state index contributed by atoms with van der Waals surface area (Å²) in [5.41, 5.74) is 2.03. The lowest BCUT2D eigenvalue weighted by Gasteiger charge is -2.07. The SMILES string of the molecule is CCCCCCCCCOc1ccc(-c2ncc(CCCC(C)F)cn2)cc1.